The second kappa shape index (κ2) is 3.09. The molecular formula is C9H8N4O2. The van der Waals surface area contributed by atoms with E-state index in [4.69, 9.17) is 4.74 Å². The average Bonchev–Trinajstić information content (AvgIpc) is 3.07. The third kappa shape index (κ3) is 1.48. The van der Waals surface area contributed by atoms with E-state index in [1.807, 2.05) is 0 Å². The van der Waals surface area contributed by atoms with Gasteiger partial charge in [0.15, 0.2) is 11.2 Å². The minimum absolute atomic E-state index is 0.152. The molecule has 0 saturated carbocycles. The molecule has 1 aliphatic heterocycles. The van der Waals surface area contributed by atoms with Gasteiger partial charge in [-0.3, -0.25) is 9.36 Å². The monoisotopic (exact) mass is 204 g/mol. The summed E-state index contributed by atoms with van der Waals surface area (Å²) in [7, 11) is 0. The summed E-state index contributed by atoms with van der Waals surface area (Å²) in [6.45, 7) is 1.25. The van der Waals surface area contributed by atoms with E-state index in [0.29, 0.717) is 24.3 Å². The largest absolute Gasteiger partial charge is 0.371 e. The van der Waals surface area contributed by atoms with Gasteiger partial charge in [-0.1, -0.05) is 0 Å². The Kier molecular flexibility index (Phi) is 1.75. The van der Waals surface area contributed by atoms with Crippen molar-refractivity contribution in [3.8, 4) is 0 Å². The molecule has 0 aliphatic carbocycles. The van der Waals surface area contributed by atoms with Gasteiger partial charge < -0.3 is 4.74 Å². The molecule has 0 aromatic carbocycles. The molecule has 0 amide bonds. The van der Waals surface area contributed by atoms with Crippen LogP contribution in [0.2, 0.25) is 0 Å². The smallest absolute Gasteiger partial charge is 0.281 e. The second-order valence-electron chi connectivity index (χ2n) is 3.39. The molecule has 76 valence electrons. The molecule has 1 aliphatic rings. The maximum Gasteiger partial charge on any atom is 0.281 e. The predicted molar refractivity (Wildman–Crippen MR) is 51.3 cm³/mol. The topological polar surface area (TPSA) is 73.2 Å². The van der Waals surface area contributed by atoms with Crippen LogP contribution in [0.25, 0.3) is 11.2 Å². The molecule has 3 heterocycles. The van der Waals surface area contributed by atoms with Crippen molar-refractivity contribution in [2.24, 2.45) is 0 Å². The first kappa shape index (κ1) is 8.49. The first-order valence-corrected chi connectivity index (χ1v) is 4.62. The molecule has 6 nitrogen and oxygen atoms in total. The number of fused-ring (bicyclic) bond motifs is 1. The molecular weight excluding hydrogens is 196 g/mol. The number of rotatable bonds is 2. The lowest BCUT2D eigenvalue weighted by molar-refractivity contribution is 0.379. The fourth-order valence-corrected chi connectivity index (χ4v) is 1.41. The minimum atomic E-state index is -0.163. The number of aromatic nitrogens is 4. The average molecular weight is 204 g/mol. The van der Waals surface area contributed by atoms with E-state index in [0.717, 1.165) is 0 Å². The van der Waals surface area contributed by atoms with Gasteiger partial charge in [-0.15, -0.1) is 0 Å². The van der Waals surface area contributed by atoms with Crippen LogP contribution in [0.4, 0.5) is 0 Å². The van der Waals surface area contributed by atoms with Gasteiger partial charge in [0.25, 0.3) is 5.56 Å². The van der Waals surface area contributed by atoms with Gasteiger partial charge in [0, 0.05) is 12.4 Å². The van der Waals surface area contributed by atoms with E-state index in [2.05, 4.69) is 15.0 Å². The summed E-state index contributed by atoms with van der Waals surface area (Å²) in [5.41, 5.74) is 0.528. The SMILES string of the molecule is O=c1c2nccnc2ncn1C[C@H]1CO1. The fraction of sp³-hybridized carbons (Fsp3) is 0.333. The van der Waals surface area contributed by atoms with Gasteiger partial charge >= 0.3 is 0 Å². The first-order valence-electron chi connectivity index (χ1n) is 4.62. The summed E-state index contributed by atoms with van der Waals surface area (Å²) < 4.78 is 6.56. The number of hydrogen-bond acceptors (Lipinski definition) is 5. The Bertz CT molecular complexity index is 561. The van der Waals surface area contributed by atoms with Crippen LogP contribution in [0.1, 0.15) is 0 Å². The van der Waals surface area contributed by atoms with E-state index in [1.54, 1.807) is 0 Å². The van der Waals surface area contributed by atoms with Crippen molar-refractivity contribution in [2.45, 2.75) is 12.6 Å². The maximum absolute atomic E-state index is 11.9. The molecule has 2 aromatic rings. The highest BCUT2D eigenvalue weighted by molar-refractivity contribution is 5.66. The van der Waals surface area contributed by atoms with E-state index in [-0.39, 0.29) is 11.7 Å². The van der Waals surface area contributed by atoms with Crippen LogP contribution in [0.15, 0.2) is 23.5 Å². The third-order valence-corrected chi connectivity index (χ3v) is 2.26. The van der Waals surface area contributed by atoms with Crippen molar-refractivity contribution in [2.75, 3.05) is 6.61 Å². The molecule has 3 rings (SSSR count). The van der Waals surface area contributed by atoms with E-state index in [9.17, 15) is 4.79 Å². The van der Waals surface area contributed by atoms with Crippen molar-refractivity contribution >= 4 is 11.2 Å². The molecule has 0 N–H and O–H groups in total. The van der Waals surface area contributed by atoms with Gasteiger partial charge in [-0.05, 0) is 0 Å². The Hall–Kier alpha value is -1.82. The van der Waals surface area contributed by atoms with Crippen molar-refractivity contribution in [3.63, 3.8) is 0 Å². The molecule has 1 atom stereocenters. The van der Waals surface area contributed by atoms with Crippen LogP contribution in [-0.4, -0.2) is 32.2 Å². The lowest BCUT2D eigenvalue weighted by Gasteiger charge is -2.02. The summed E-state index contributed by atoms with van der Waals surface area (Å²) in [5, 5.41) is 0. The van der Waals surface area contributed by atoms with Gasteiger partial charge in [-0.25, -0.2) is 15.0 Å². The lowest BCUT2D eigenvalue weighted by atomic mass is 10.4. The van der Waals surface area contributed by atoms with E-state index >= 15 is 0 Å². The van der Waals surface area contributed by atoms with Crippen molar-refractivity contribution in [1.82, 2.24) is 19.5 Å². The molecule has 0 bridgehead atoms. The van der Waals surface area contributed by atoms with Gasteiger partial charge in [0.2, 0.25) is 0 Å². The minimum Gasteiger partial charge on any atom is -0.371 e. The zero-order chi connectivity index (χ0) is 10.3. The molecule has 1 fully saturated rings. The Morgan fingerprint density at radius 2 is 2.20 bits per heavy atom. The molecule has 0 unspecified atom stereocenters. The Balaban J connectivity index is 2.15. The van der Waals surface area contributed by atoms with Gasteiger partial charge in [-0.2, -0.15) is 0 Å². The highest BCUT2D eigenvalue weighted by Gasteiger charge is 2.23. The number of hydrogen-bond donors (Lipinski definition) is 0. The molecule has 6 heteroatoms. The second-order valence-corrected chi connectivity index (χ2v) is 3.39. The standard InChI is InChI=1S/C9H8N4O2/c14-9-7-8(11-2-1-10-7)12-5-13(9)3-6-4-15-6/h1-2,5-6H,3-4H2/t6-/m0/s1. The van der Waals surface area contributed by atoms with E-state index in [1.165, 1.54) is 23.3 Å². The highest BCUT2D eigenvalue weighted by atomic mass is 16.6. The van der Waals surface area contributed by atoms with Crippen molar-refractivity contribution in [1.29, 1.82) is 0 Å². The zero-order valence-electron chi connectivity index (χ0n) is 7.83. The molecule has 0 radical (unpaired) electrons. The summed E-state index contributed by atoms with van der Waals surface area (Å²) in [5.74, 6) is 0. The fourth-order valence-electron chi connectivity index (χ4n) is 1.41. The number of epoxide rings is 1. The Labute approximate surface area is 84.6 Å². The Morgan fingerprint density at radius 1 is 1.40 bits per heavy atom. The number of nitrogens with zero attached hydrogens (tertiary/aromatic N) is 4. The van der Waals surface area contributed by atoms with Crippen LogP contribution in [0.3, 0.4) is 0 Å². The normalized spacial score (nSPS) is 19.3. The maximum atomic E-state index is 11.9. The van der Waals surface area contributed by atoms with Crippen LogP contribution < -0.4 is 5.56 Å². The Morgan fingerprint density at radius 3 is 3.00 bits per heavy atom. The molecule has 2 aromatic heterocycles. The van der Waals surface area contributed by atoms with Crippen molar-refractivity contribution in [3.05, 3.63) is 29.1 Å². The van der Waals surface area contributed by atoms with E-state index < -0.39 is 0 Å². The predicted octanol–water partition coefficient (Wildman–Crippen LogP) is -0.415. The third-order valence-electron chi connectivity index (χ3n) is 2.26. The summed E-state index contributed by atoms with van der Waals surface area (Å²) >= 11 is 0. The first-order chi connectivity index (χ1) is 7.34. The van der Waals surface area contributed by atoms with Crippen LogP contribution in [0, 0.1) is 0 Å². The summed E-state index contributed by atoms with van der Waals surface area (Å²) in [4.78, 5) is 23.8. The lowest BCUT2D eigenvalue weighted by Crippen LogP contribution is -2.23. The summed E-state index contributed by atoms with van der Waals surface area (Å²) in [6.07, 6.45) is 4.65. The van der Waals surface area contributed by atoms with Gasteiger partial charge in [0.1, 0.15) is 6.33 Å². The molecule has 1 saturated heterocycles. The summed E-state index contributed by atoms with van der Waals surface area (Å²) in [6, 6.07) is 0. The quantitative estimate of drug-likeness (QED) is 0.621. The van der Waals surface area contributed by atoms with Crippen molar-refractivity contribution < 1.29 is 4.74 Å². The molecule has 0 spiro atoms. The zero-order valence-corrected chi connectivity index (χ0v) is 7.83. The highest BCUT2D eigenvalue weighted by Crippen LogP contribution is 2.10. The van der Waals surface area contributed by atoms with Crippen LogP contribution in [-0.2, 0) is 11.3 Å². The molecule has 15 heavy (non-hydrogen) atoms. The van der Waals surface area contributed by atoms with Crippen LogP contribution in [0.5, 0.6) is 0 Å². The number of ether oxygens (including phenoxy) is 1. The van der Waals surface area contributed by atoms with Crippen LogP contribution >= 0.6 is 0 Å². The van der Waals surface area contributed by atoms with Gasteiger partial charge in [0.05, 0.1) is 19.3 Å².